The van der Waals surface area contributed by atoms with E-state index in [0.717, 1.165) is 4.47 Å². The molecule has 190 valence electrons. The smallest absolute Gasteiger partial charge is 0.346 e. The summed E-state index contributed by atoms with van der Waals surface area (Å²) in [6.07, 6.45) is 0.914. The third kappa shape index (κ3) is 5.54. The van der Waals surface area contributed by atoms with Gasteiger partial charge in [0, 0.05) is 22.0 Å². The molecule has 36 heavy (non-hydrogen) atoms. The van der Waals surface area contributed by atoms with Crippen molar-refractivity contribution >= 4 is 44.7 Å². The molecule has 0 radical (unpaired) electrons. The lowest BCUT2D eigenvalue weighted by molar-refractivity contribution is -0.386. The van der Waals surface area contributed by atoms with Gasteiger partial charge in [-0.1, -0.05) is 29.8 Å². The van der Waals surface area contributed by atoms with Crippen LogP contribution >= 0.6 is 15.9 Å². The first-order chi connectivity index (χ1) is 17.1. The topological polar surface area (TPSA) is 135 Å². The number of carbonyl (C=O) groups is 1. The van der Waals surface area contributed by atoms with E-state index in [2.05, 4.69) is 30.8 Å². The number of fused-ring (bicyclic) bond motifs is 1. The molecule has 12 heteroatoms. The number of benzene rings is 2. The molecule has 0 aliphatic rings. The molecule has 2 atom stereocenters. The van der Waals surface area contributed by atoms with Crippen molar-refractivity contribution in [2.45, 2.75) is 39.2 Å². The Morgan fingerprint density at radius 1 is 1.28 bits per heavy atom. The number of carbonyl (C=O) groups excluding carboxylic acids is 1. The Morgan fingerprint density at radius 2 is 2.00 bits per heavy atom. The highest BCUT2D eigenvalue weighted by Crippen LogP contribution is 2.38. The number of nitro benzene ring substituents is 1. The standard InChI is InChI=1S/C24H25BrN4O7/c1-6-13(2)22-27-18-8-7-16(25)11-17(18)23(30)28(22)26-12-15-9-19(29(32)33)21(20(10-15)34-4)36-14(3)24(31)35-5/h7-14H,6H2,1-5H3/t13-,14+/m0/s1. The van der Waals surface area contributed by atoms with Crippen LogP contribution in [0.3, 0.4) is 0 Å². The van der Waals surface area contributed by atoms with Gasteiger partial charge in [-0.2, -0.15) is 9.78 Å². The summed E-state index contributed by atoms with van der Waals surface area (Å²) < 4.78 is 17.3. The molecular weight excluding hydrogens is 536 g/mol. The van der Waals surface area contributed by atoms with Gasteiger partial charge >= 0.3 is 11.7 Å². The van der Waals surface area contributed by atoms with Gasteiger partial charge in [-0.05, 0) is 37.6 Å². The van der Waals surface area contributed by atoms with Crippen LogP contribution in [0.1, 0.15) is 44.5 Å². The molecule has 2 aromatic carbocycles. The lowest BCUT2D eigenvalue weighted by Crippen LogP contribution is -2.25. The monoisotopic (exact) mass is 560 g/mol. The van der Waals surface area contributed by atoms with Gasteiger partial charge in [0.15, 0.2) is 11.9 Å². The Labute approximate surface area is 215 Å². The van der Waals surface area contributed by atoms with Crippen LogP contribution in [0.5, 0.6) is 11.5 Å². The Bertz CT molecular complexity index is 1400. The summed E-state index contributed by atoms with van der Waals surface area (Å²) in [7, 11) is 2.50. The number of esters is 1. The molecule has 3 rings (SSSR count). The number of methoxy groups -OCH3 is 2. The molecule has 0 saturated carbocycles. The predicted octanol–water partition coefficient (Wildman–Crippen LogP) is 4.41. The van der Waals surface area contributed by atoms with Crippen molar-refractivity contribution in [3.05, 3.63) is 66.7 Å². The summed E-state index contributed by atoms with van der Waals surface area (Å²) >= 11 is 3.37. The maximum Gasteiger partial charge on any atom is 0.346 e. The first kappa shape index (κ1) is 26.8. The van der Waals surface area contributed by atoms with E-state index in [4.69, 9.17) is 9.47 Å². The highest BCUT2D eigenvalue weighted by Gasteiger charge is 2.27. The molecule has 0 bridgehead atoms. The van der Waals surface area contributed by atoms with Gasteiger partial charge in [0.2, 0.25) is 5.75 Å². The minimum absolute atomic E-state index is 0.0106. The largest absolute Gasteiger partial charge is 0.493 e. The van der Waals surface area contributed by atoms with Crippen LogP contribution in [0.15, 0.2) is 44.7 Å². The Balaban J connectivity index is 2.15. The third-order valence-electron chi connectivity index (χ3n) is 5.51. The lowest BCUT2D eigenvalue weighted by Gasteiger charge is -2.16. The zero-order chi connectivity index (χ0) is 26.6. The van der Waals surface area contributed by atoms with Gasteiger partial charge in [0.1, 0.15) is 5.82 Å². The minimum atomic E-state index is -1.11. The van der Waals surface area contributed by atoms with Gasteiger partial charge in [0.05, 0.1) is 36.3 Å². The molecular formula is C24H25BrN4O7. The number of rotatable bonds is 9. The summed E-state index contributed by atoms with van der Waals surface area (Å²) in [4.78, 5) is 40.8. The second-order valence-electron chi connectivity index (χ2n) is 7.91. The Hall–Kier alpha value is -3.80. The first-order valence-electron chi connectivity index (χ1n) is 11.0. The van der Waals surface area contributed by atoms with Crippen LogP contribution in [0.2, 0.25) is 0 Å². The van der Waals surface area contributed by atoms with Gasteiger partial charge < -0.3 is 14.2 Å². The van der Waals surface area contributed by atoms with Crippen LogP contribution < -0.4 is 15.0 Å². The average Bonchev–Trinajstić information content (AvgIpc) is 2.87. The van der Waals surface area contributed by atoms with Crippen LogP contribution in [0, 0.1) is 10.1 Å². The number of hydrogen-bond acceptors (Lipinski definition) is 9. The molecule has 0 saturated heterocycles. The van der Waals surface area contributed by atoms with E-state index in [1.165, 1.54) is 44.2 Å². The van der Waals surface area contributed by atoms with Crippen molar-refractivity contribution in [2.24, 2.45) is 5.10 Å². The van der Waals surface area contributed by atoms with Crippen molar-refractivity contribution in [3.63, 3.8) is 0 Å². The van der Waals surface area contributed by atoms with E-state index in [9.17, 15) is 19.7 Å². The fourth-order valence-electron chi connectivity index (χ4n) is 3.38. The SMILES string of the molecule is CC[C@H](C)c1nc2ccc(Br)cc2c(=O)n1N=Cc1cc(OC)c(O[C@H](C)C(=O)OC)c([N+](=O)[O-])c1. The van der Waals surface area contributed by atoms with Crippen molar-refractivity contribution < 1.29 is 23.9 Å². The number of aromatic nitrogens is 2. The van der Waals surface area contributed by atoms with Crippen LogP contribution in [0.25, 0.3) is 10.9 Å². The molecule has 0 unspecified atom stereocenters. The van der Waals surface area contributed by atoms with E-state index in [1.54, 1.807) is 18.2 Å². The quantitative estimate of drug-likeness (QED) is 0.162. The molecule has 0 aliphatic heterocycles. The van der Waals surface area contributed by atoms with E-state index >= 15 is 0 Å². The van der Waals surface area contributed by atoms with Gasteiger partial charge in [-0.3, -0.25) is 14.9 Å². The fraction of sp³-hybridized carbons (Fsp3) is 0.333. The zero-order valence-electron chi connectivity index (χ0n) is 20.4. The number of nitrogens with zero attached hydrogens (tertiary/aromatic N) is 4. The highest BCUT2D eigenvalue weighted by molar-refractivity contribution is 9.10. The number of ether oxygens (including phenoxy) is 3. The maximum absolute atomic E-state index is 13.3. The summed E-state index contributed by atoms with van der Waals surface area (Å²) in [6, 6.07) is 7.89. The molecule has 1 heterocycles. The Kier molecular flexibility index (Phi) is 8.41. The molecule has 0 N–H and O–H groups in total. The van der Waals surface area contributed by atoms with E-state index in [0.29, 0.717) is 23.1 Å². The highest BCUT2D eigenvalue weighted by atomic mass is 79.9. The van der Waals surface area contributed by atoms with Gasteiger partial charge in [-0.25, -0.2) is 9.78 Å². The molecule has 0 spiro atoms. The molecule has 0 fully saturated rings. The summed E-state index contributed by atoms with van der Waals surface area (Å²) in [5, 5.41) is 16.5. The van der Waals surface area contributed by atoms with Crippen molar-refractivity contribution in [2.75, 3.05) is 14.2 Å². The number of hydrogen-bond donors (Lipinski definition) is 0. The molecule has 0 aliphatic carbocycles. The molecule has 11 nitrogen and oxygen atoms in total. The van der Waals surface area contributed by atoms with Crippen LogP contribution in [-0.2, 0) is 9.53 Å². The van der Waals surface area contributed by atoms with Gasteiger partial charge in [-0.15, -0.1) is 0 Å². The molecule has 3 aromatic rings. The summed E-state index contributed by atoms with van der Waals surface area (Å²) in [5.74, 6) is -0.544. The predicted molar refractivity (Wildman–Crippen MR) is 137 cm³/mol. The zero-order valence-corrected chi connectivity index (χ0v) is 21.9. The van der Waals surface area contributed by atoms with E-state index < -0.39 is 22.7 Å². The Morgan fingerprint density at radius 3 is 2.61 bits per heavy atom. The molecule has 0 amide bonds. The normalized spacial score (nSPS) is 12.9. The third-order valence-corrected chi connectivity index (χ3v) is 6.00. The van der Waals surface area contributed by atoms with Crippen molar-refractivity contribution in [1.29, 1.82) is 0 Å². The summed E-state index contributed by atoms with van der Waals surface area (Å²) in [6.45, 7) is 5.30. The maximum atomic E-state index is 13.3. The van der Waals surface area contributed by atoms with Gasteiger partial charge in [0.25, 0.3) is 5.56 Å². The second kappa shape index (κ2) is 11.3. The van der Waals surface area contributed by atoms with E-state index in [1.807, 2.05) is 13.8 Å². The molecule has 1 aromatic heterocycles. The minimum Gasteiger partial charge on any atom is -0.493 e. The van der Waals surface area contributed by atoms with E-state index in [-0.39, 0.29) is 28.5 Å². The van der Waals surface area contributed by atoms with Crippen molar-refractivity contribution in [3.8, 4) is 11.5 Å². The second-order valence-corrected chi connectivity index (χ2v) is 8.83. The van der Waals surface area contributed by atoms with Crippen LogP contribution in [-0.4, -0.2) is 47.1 Å². The lowest BCUT2D eigenvalue weighted by atomic mass is 10.1. The van der Waals surface area contributed by atoms with Crippen molar-refractivity contribution in [1.82, 2.24) is 9.66 Å². The number of halogens is 1. The average molecular weight is 561 g/mol. The first-order valence-corrected chi connectivity index (χ1v) is 11.8. The number of nitro groups is 1. The summed E-state index contributed by atoms with van der Waals surface area (Å²) in [5.41, 5.74) is -0.000709. The van der Waals surface area contributed by atoms with Crippen LogP contribution in [0.4, 0.5) is 5.69 Å². The fourth-order valence-corrected chi connectivity index (χ4v) is 3.74.